The lowest BCUT2D eigenvalue weighted by Crippen LogP contribution is -2.40. The van der Waals surface area contributed by atoms with Crippen LogP contribution >= 0.6 is 15.9 Å². The number of hydrogen-bond donors (Lipinski definition) is 4. The average molecular weight is 506 g/mol. The number of nitrogens with zero attached hydrogens (tertiary/aromatic N) is 5. The van der Waals surface area contributed by atoms with E-state index in [9.17, 15) is 9.59 Å². The Labute approximate surface area is 192 Å². The molecule has 32 heavy (non-hydrogen) atoms. The number of hydrogen-bond acceptors (Lipinski definition) is 10. The molecule has 12 nitrogen and oxygen atoms in total. The Morgan fingerprint density at radius 1 is 1.28 bits per heavy atom. The summed E-state index contributed by atoms with van der Waals surface area (Å²) in [7, 11) is 1.33. The number of anilines is 2. The van der Waals surface area contributed by atoms with Gasteiger partial charge in [0, 0.05) is 25.8 Å². The van der Waals surface area contributed by atoms with Gasteiger partial charge in [0.25, 0.3) is 5.91 Å². The van der Waals surface area contributed by atoms with Crippen molar-refractivity contribution in [3.05, 3.63) is 39.9 Å². The molecule has 2 aromatic rings. The maximum absolute atomic E-state index is 12.4. The van der Waals surface area contributed by atoms with Crippen LogP contribution in [0.5, 0.6) is 0 Å². The molecule has 1 aliphatic heterocycles. The van der Waals surface area contributed by atoms with Crippen LogP contribution in [0.2, 0.25) is 0 Å². The van der Waals surface area contributed by atoms with Crippen LogP contribution in [0.15, 0.2) is 27.9 Å². The molecule has 0 spiro atoms. The van der Waals surface area contributed by atoms with Crippen LogP contribution in [0, 0.1) is 0 Å². The molecule has 0 aromatic carbocycles. The number of amides is 1. The van der Waals surface area contributed by atoms with Gasteiger partial charge < -0.3 is 21.9 Å². The first-order valence-corrected chi connectivity index (χ1v) is 10.5. The van der Waals surface area contributed by atoms with E-state index in [1.807, 2.05) is 6.07 Å². The first-order valence-electron chi connectivity index (χ1n) is 9.75. The van der Waals surface area contributed by atoms with Crippen molar-refractivity contribution in [1.82, 2.24) is 25.2 Å². The quantitative estimate of drug-likeness (QED) is 0.249. The van der Waals surface area contributed by atoms with Gasteiger partial charge in [-0.1, -0.05) is 0 Å². The number of halogens is 1. The highest BCUT2D eigenvalue weighted by molar-refractivity contribution is 9.10. The van der Waals surface area contributed by atoms with Crippen LogP contribution in [-0.2, 0) is 11.3 Å². The van der Waals surface area contributed by atoms with E-state index in [1.54, 1.807) is 12.3 Å². The Morgan fingerprint density at radius 3 is 2.69 bits per heavy atom. The fourth-order valence-corrected chi connectivity index (χ4v) is 3.53. The number of guanidine groups is 1. The molecular formula is C19H24BrN9O3. The predicted molar refractivity (Wildman–Crippen MR) is 122 cm³/mol. The third-order valence-electron chi connectivity index (χ3n) is 4.87. The number of carbonyl (C=O) groups excluding carboxylic acids is 2. The number of nitrogens with two attached hydrogens (primary N) is 3. The molecule has 1 amide bonds. The fraction of sp³-hybridized carbons (Fsp3) is 0.368. The number of likely N-dealkylation sites (tertiary alicyclic amines) is 1. The first-order chi connectivity index (χ1) is 15.3. The molecule has 1 aliphatic rings. The molecule has 0 atom stereocenters. The van der Waals surface area contributed by atoms with Crippen molar-refractivity contribution in [1.29, 1.82) is 0 Å². The molecule has 1 saturated heterocycles. The summed E-state index contributed by atoms with van der Waals surface area (Å²) in [6, 6.07) is 3.57. The molecule has 0 aliphatic carbocycles. The third-order valence-corrected chi connectivity index (χ3v) is 5.45. The molecule has 1 fully saturated rings. The van der Waals surface area contributed by atoms with E-state index in [1.165, 1.54) is 7.11 Å². The summed E-state index contributed by atoms with van der Waals surface area (Å²) in [4.78, 5) is 42.5. The highest BCUT2D eigenvalue weighted by Gasteiger charge is 2.21. The van der Waals surface area contributed by atoms with Gasteiger partial charge in [-0.05, 0) is 46.5 Å². The van der Waals surface area contributed by atoms with E-state index in [-0.39, 0.29) is 39.6 Å². The van der Waals surface area contributed by atoms with E-state index < -0.39 is 11.9 Å². The average Bonchev–Trinajstić information content (AvgIpc) is 2.77. The number of rotatable bonds is 5. The minimum absolute atomic E-state index is 0.0144. The topological polar surface area (TPSA) is 188 Å². The van der Waals surface area contributed by atoms with Crippen molar-refractivity contribution in [2.24, 2.45) is 10.7 Å². The summed E-state index contributed by atoms with van der Waals surface area (Å²) in [5.41, 5.74) is 18.4. The molecule has 2 aromatic heterocycles. The summed E-state index contributed by atoms with van der Waals surface area (Å²) in [6.07, 6.45) is 3.13. The number of aliphatic imine (C=N–C) groups is 1. The zero-order valence-corrected chi connectivity index (χ0v) is 19.0. The highest BCUT2D eigenvalue weighted by Crippen LogP contribution is 2.19. The fourth-order valence-electron chi connectivity index (χ4n) is 3.27. The monoisotopic (exact) mass is 505 g/mol. The lowest BCUT2D eigenvalue weighted by atomic mass is 10.0. The van der Waals surface area contributed by atoms with E-state index in [4.69, 9.17) is 21.9 Å². The molecule has 0 bridgehead atoms. The van der Waals surface area contributed by atoms with Gasteiger partial charge in [-0.3, -0.25) is 15.0 Å². The summed E-state index contributed by atoms with van der Waals surface area (Å²) in [5, 5.41) is 2.48. The Bertz CT molecular complexity index is 1040. The molecule has 0 saturated carbocycles. The molecule has 13 heteroatoms. The lowest BCUT2D eigenvalue weighted by molar-refractivity contribution is 0.0593. The summed E-state index contributed by atoms with van der Waals surface area (Å²) < 4.78 is 4.93. The summed E-state index contributed by atoms with van der Waals surface area (Å²) in [6.45, 7) is 2.25. The second kappa shape index (κ2) is 10.3. The van der Waals surface area contributed by atoms with Crippen LogP contribution in [0.25, 0.3) is 0 Å². The SMILES string of the molecule is COC(=O)c1cc(CN2CCC(N=C(N)NC(=O)c3nc(Br)c(N)nc3N)CC2)ccn1. The maximum Gasteiger partial charge on any atom is 0.356 e. The smallest absolute Gasteiger partial charge is 0.356 e. The molecule has 0 radical (unpaired) electrons. The number of aromatic nitrogens is 3. The van der Waals surface area contributed by atoms with Crippen molar-refractivity contribution >= 4 is 45.4 Å². The van der Waals surface area contributed by atoms with Crippen molar-refractivity contribution in [3.63, 3.8) is 0 Å². The van der Waals surface area contributed by atoms with Gasteiger partial charge in [-0.2, -0.15) is 0 Å². The number of carbonyl (C=O) groups is 2. The first kappa shape index (κ1) is 23.3. The molecule has 3 rings (SSSR count). The Kier molecular flexibility index (Phi) is 7.53. The summed E-state index contributed by atoms with van der Waals surface area (Å²) in [5.74, 6) is -1.11. The van der Waals surface area contributed by atoms with Gasteiger partial charge in [-0.15, -0.1) is 0 Å². The number of piperidine rings is 1. The van der Waals surface area contributed by atoms with E-state index in [2.05, 4.69) is 46.1 Å². The zero-order valence-electron chi connectivity index (χ0n) is 17.4. The molecule has 0 unspecified atom stereocenters. The Balaban J connectivity index is 1.53. The van der Waals surface area contributed by atoms with E-state index in [0.717, 1.165) is 31.5 Å². The highest BCUT2D eigenvalue weighted by atomic mass is 79.9. The second-order valence-electron chi connectivity index (χ2n) is 7.15. The molecule has 7 N–H and O–H groups in total. The predicted octanol–water partition coefficient (Wildman–Crippen LogP) is 0.294. The number of esters is 1. The van der Waals surface area contributed by atoms with Crippen molar-refractivity contribution in [3.8, 4) is 0 Å². The van der Waals surface area contributed by atoms with Crippen LogP contribution in [-0.4, -0.2) is 63.9 Å². The van der Waals surface area contributed by atoms with E-state index >= 15 is 0 Å². The lowest BCUT2D eigenvalue weighted by Gasteiger charge is -2.30. The molecule has 170 valence electrons. The van der Waals surface area contributed by atoms with Crippen LogP contribution < -0.4 is 22.5 Å². The number of ether oxygens (including phenoxy) is 1. The number of pyridine rings is 1. The number of nitrogen functional groups attached to an aromatic ring is 2. The van der Waals surface area contributed by atoms with Crippen molar-refractivity contribution in [2.45, 2.75) is 25.4 Å². The van der Waals surface area contributed by atoms with Gasteiger partial charge in [0.2, 0.25) is 0 Å². The zero-order chi connectivity index (χ0) is 23.3. The third kappa shape index (κ3) is 5.88. The van der Waals surface area contributed by atoms with Gasteiger partial charge >= 0.3 is 5.97 Å². The Morgan fingerprint density at radius 2 is 2.00 bits per heavy atom. The van der Waals surface area contributed by atoms with Crippen molar-refractivity contribution in [2.75, 3.05) is 31.7 Å². The summed E-state index contributed by atoms with van der Waals surface area (Å²) >= 11 is 3.11. The molecule has 3 heterocycles. The minimum atomic E-state index is -0.617. The Hall–Kier alpha value is -3.32. The van der Waals surface area contributed by atoms with Gasteiger partial charge in [0.1, 0.15) is 10.3 Å². The normalized spacial score (nSPS) is 15.4. The largest absolute Gasteiger partial charge is 0.464 e. The maximum atomic E-state index is 12.4. The number of methoxy groups -OCH3 is 1. The van der Waals surface area contributed by atoms with Gasteiger partial charge in [-0.25, -0.2) is 24.7 Å². The molecular weight excluding hydrogens is 482 g/mol. The minimum Gasteiger partial charge on any atom is -0.464 e. The number of nitrogens with one attached hydrogen (secondary N) is 1. The van der Waals surface area contributed by atoms with Gasteiger partial charge in [0.05, 0.1) is 13.2 Å². The second-order valence-corrected chi connectivity index (χ2v) is 7.90. The standard InChI is InChI=1S/C19H24BrN9O3/c1-32-18(31)12-8-10(2-5-24-12)9-29-6-3-11(4-7-29)25-19(23)28-17(30)13-15(21)27-16(22)14(20)26-13/h2,5,8,11H,3-4,6-7,9H2,1H3,(H4,21,22,27)(H3,23,25,28,30). The van der Waals surface area contributed by atoms with Crippen LogP contribution in [0.3, 0.4) is 0 Å². The van der Waals surface area contributed by atoms with E-state index in [0.29, 0.717) is 6.54 Å². The van der Waals surface area contributed by atoms with Crippen LogP contribution in [0.1, 0.15) is 39.4 Å². The van der Waals surface area contributed by atoms with Gasteiger partial charge in [0.15, 0.2) is 23.3 Å². The van der Waals surface area contributed by atoms with Crippen molar-refractivity contribution < 1.29 is 14.3 Å². The van der Waals surface area contributed by atoms with Crippen LogP contribution in [0.4, 0.5) is 11.6 Å².